The van der Waals surface area contributed by atoms with E-state index in [0.717, 1.165) is 0 Å². The highest BCUT2D eigenvalue weighted by Crippen LogP contribution is 2.67. The predicted octanol–water partition coefficient (Wildman–Crippen LogP) is 16.6. The molecule has 3 nitrogen and oxygen atoms in total. The van der Waals surface area contributed by atoms with Crippen LogP contribution in [-0.4, -0.2) is 17.8 Å². The van der Waals surface area contributed by atoms with E-state index in [-0.39, 0.29) is 50.3 Å². The Balaban J connectivity index is 1.27. The molecule has 4 heteroatoms. The topological polar surface area (TPSA) is 9.72 Å². The van der Waals surface area contributed by atoms with Crippen molar-refractivity contribution in [3.8, 4) is 0 Å². The lowest BCUT2D eigenvalue weighted by Gasteiger charge is -2.54. The number of allylic oxidation sites excluding steroid dienone is 1. The van der Waals surface area contributed by atoms with Gasteiger partial charge in [-0.15, -0.1) is 0 Å². The van der Waals surface area contributed by atoms with Crippen LogP contribution < -0.4 is 25.6 Å². The molecule has 0 N–H and O–H groups in total. The van der Waals surface area contributed by atoms with E-state index < -0.39 is 0 Å². The van der Waals surface area contributed by atoms with Crippen LogP contribution >= 0.6 is 0 Å². The van der Waals surface area contributed by atoms with Crippen molar-refractivity contribution in [2.45, 2.75) is 226 Å². The van der Waals surface area contributed by atoms with E-state index in [0.29, 0.717) is 0 Å². The summed E-state index contributed by atoms with van der Waals surface area (Å²) in [6, 6.07) is 28.4. The van der Waals surface area contributed by atoms with E-state index in [1.807, 2.05) is 0 Å². The van der Waals surface area contributed by atoms with Crippen LogP contribution in [0.5, 0.6) is 0 Å². The molecule has 4 heterocycles. The molecule has 0 aromatic heterocycles. The summed E-state index contributed by atoms with van der Waals surface area (Å²) < 4.78 is 0. The summed E-state index contributed by atoms with van der Waals surface area (Å²) in [7, 11) is 0. The molecule has 0 radical (unpaired) electrons. The molecule has 12 rings (SSSR count). The largest absolute Gasteiger partial charge is 0.335 e. The Hall–Kier alpha value is -4.70. The Morgan fingerprint density at radius 3 is 1.63 bits per heavy atom. The lowest BCUT2D eigenvalue weighted by molar-refractivity contribution is 0.193. The van der Waals surface area contributed by atoms with Crippen LogP contribution in [0.25, 0.3) is 5.70 Å². The molecule has 0 amide bonds. The van der Waals surface area contributed by atoms with E-state index in [1.54, 1.807) is 27.7 Å². The molecule has 5 aromatic carbocycles. The SMILES string of the molecule is Cc1cc(C)c2c3c1B1C4=C(c5cc(C(C)(C)C)ccc5C4(C)C)N(c4c(C)cc(C(C)(C)C)cc4C)c4cc(N5c6ccc(C(C)(C)C)cc6C6(C)CCCCC56C)cc(c41)N3C1(C)CCCCC21C. The summed E-state index contributed by atoms with van der Waals surface area (Å²) in [5.41, 5.74) is 30.2. The van der Waals surface area contributed by atoms with E-state index in [4.69, 9.17) is 0 Å². The fourth-order valence-electron chi connectivity index (χ4n) is 16.8. The molecule has 4 atom stereocenters. The number of anilines is 6. The predicted molar refractivity (Wildman–Crippen MR) is 307 cm³/mol. The van der Waals surface area contributed by atoms with Gasteiger partial charge in [0.05, 0.1) is 16.8 Å². The fourth-order valence-corrected chi connectivity index (χ4v) is 16.8. The minimum atomic E-state index is -0.230. The fraction of sp³-hybridized carbons (Fsp3) is 0.522. The molecule has 370 valence electrons. The molecule has 4 aliphatic heterocycles. The third-order valence-electron chi connectivity index (χ3n) is 21.0. The molecular formula is C67H84BN3. The molecule has 2 saturated carbocycles. The second-order valence-corrected chi connectivity index (χ2v) is 28.7. The Bertz CT molecular complexity index is 3190. The van der Waals surface area contributed by atoms with Gasteiger partial charge >= 0.3 is 0 Å². The van der Waals surface area contributed by atoms with E-state index in [9.17, 15) is 0 Å². The quantitative estimate of drug-likeness (QED) is 0.163. The van der Waals surface area contributed by atoms with Gasteiger partial charge in [0, 0.05) is 55.9 Å². The van der Waals surface area contributed by atoms with Gasteiger partial charge in [-0.25, -0.2) is 0 Å². The first-order valence-corrected chi connectivity index (χ1v) is 27.9. The van der Waals surface area contributed by atoms with Gasteiger partial charge in [-0.1, -0.05) is 169 Å². The minimum absolute atomic E-state index is 0.000594. The molecule has 5 aromatic rings. The number of aryl methyl sites for hydroxylation is 4. The van der Waals surface area contributed by atoms with Crippen molar-refractivity contribution < 1.29 is 0 Å². The van der Waals surface area contributed by atoms with E-state index in [2.05, 4.69) is 213 Å². The lowest BCUT2D eigenvalue weighted by atomic mass is 9.29. The standard InChI is InChI=1S/C67H84BN3/c1-39-32-40(2)54-58-53(39)65(17)29-21-23-31-67(65,19)71(58)52-38-46(70-50-27-25-44(61(8,9)10)36-49(50)64(16)28-20-22-30-66(64,70)18)37-51-55(52)68(54)59-57(47-35-43(60(5,6)7)24-26-48(47)63(59,14)15)69(51)56-41(3)33-45(34-42(56)4)62(11,12)13/h24-27,32-38H,20-23,28-31H2,1-19H3. The number of benzene rings is 5. The first-order chi connectivity index (χ1) is 33.0. The summed E-state index contributed by atoms with van der Waals surface area (Å²) in [4.78, 5) is 8.78. The van der Waals surface area contributed by atoms with Crippen molar-refractivity contribution in [3.05, 3.63) is 133 Å². The van der Waals surface area contributed by atoms with Crippen LogP contribution in [-0.2, 0) is 32.5 Å². The first-order valence-electron chi connectivity index (χ1n) is 27.9. The normalized spacial score (nSPS) is 26.8. The van der Waals surface area contributed by atoms with Gasteiger partial charge < -0.3 is 14.7 Å². The molecule has 0 saturated heterocycles. The monoisotopic (exact) mass is 942 g/mol. The molecule has 71 heavy (non-hydrogen) atoms. The maximum Gasteiger partial charge on any atom is 0.248 e. The lowest BCUT2D eigenvalue weighted by Crippen LogP contribution is -2.62. The van der Waals surface area contributed by atoms with Crippen molar-refractivity contribution in [1.82, 2.24) is 0 Å². The summed E-state index contributed by atoms with van der Waals surface area (Å²) >= 11 is 0. The molecule has 7 aliphatic rings. The minimum Gasteiger partial charge on any atom is -0.335 e. The Morgan fingerprint density at radius 1 is 0.465 bits per heavy atom. The summed E-state index contributed by atoms with van der Waals surface area (Å²) in [6.07, 6.45) is 9.87. The number of nitrogens with zero attached hydrogens (tertiary/aromatic N) is 3. The van der Waals surface area contributed by atoms with E-state index >= 15 is 0 Å². The van der Waals surface area contributed by atoms with Gasteiger partial charge in [0.2, 0.25) is 6.71 Å². The zero-order valence-electron chi connectivity index (χ0n) is 47.4. The highest BCUT2D eigenvalue weighted by Gasteiger charge is 2.65. The molecule has 4 unspecified atom stereocenters. The molecular weight excluding hydrogens is 858 g/mol. The number of rotatable bonds is 2. The van der Waals surface area contributed by atoms with E-state index in [1.165, 1.54) is 141 Å². The van der Waals surface area contributed by atoms with Gasteiger partial charge in [-0.2, -0.15) is 0 Å². The van der Waals surface area contributed by atoms with Crippen LogP contribution in [0.1, 0.15) is 216 Å². The van der Waals surface area contributed by atoms with Crippen molar-refractivity contribution in [2.24, 2.45) is 0 Å². The first kappa shape index (κ1) is 47.3. The smallest absolute Gasteiger partial charge is 0.248 e. The summed E-state index contributed by atoms with van der Waals surface area (Å²) in [5, 5.41) is 0. The van der Waals surface area contributed by atoms with Crippen LogP contribution in [0, 0.1) is 27.7 Å². The summed E-state index contributed by atoms with van der Waals surface area (Å²) in [6.45, 7) is 47.1. The average molecular weight is 942 g/mol. The maximum absolute atomic E-state index is 3.01. The number of hydrogen-bond acceptors (Lipinski definition) is 3. The number of fused-ring (bicyclic) bond motifs is 11. The van der Waals surface area contributed by atoms with Crippen LogP contribution in [0.2, 0.25) is 0 Å². The molecule has 2 fully saturated rings. The van der Waals surface area contributed by atoms with Gasteiger partial charge in [0.1, 0.15) is 0 Å². The maximum atomic E-state index is 3.01. The zero-order valence-corrected chi connectivity index (χ0v) is 47.4. The molecule has 0 spiro atoms. The summed E-state index contributed by atoms with van der Waals surface area (Å²) in [5.74, 6) is 0. The van der Waals surface area contributed by atoms with Gasteiger partial charge in [0.15, 0.2) is 0 Å². The Labute approximate surface area is 430 Å². The van der Waals surface area contributed by atoms with Crippen molar-refractivity contribution >= 4 is 57.5 Å². The van der Waals surface area contributed by atoms with Gasteiger partial charge in [-0.05, 0) is 169 Å². The molecule has 0 bridgehead atoms. The highest BCUT2D eigenvalue weighted by molar-refractivity contribution is 6.96. The van der Waals surface area contributed by atoms with Gasteiger partial charge in [0.25, 0.3) is 0 Å². The number of hydrogen-bond donors (Lipinski definition) is 0. The zero-order chi connectivity index (χ0) is 50.9. The van der Waals surface area contributed by atoms with Gasteiger partial charge in [-0.3, -0.25) is 0 Å². The van der Waals surface area contributed by atoms with Crippen molar-refractivity contribution in [1.29, 1.82) is 0 Å². The second-order valence-electron chi connectivity index (χ2n) is 28.7. The van der Waals surface area contributed by atoms with Crippen LogP contribution in [0.15, 0.2) is 72.2 Å². The third kappa shape index (κ3) is 5.86. The average Bonchev–Trinajstić information content (AvgIpc) is 3.74. The van der Waals surface area contributed by atoms with Crippen molar-refractivity contribution in [2.75, 3.05) is 14.7 Å². The third-order valence-corrected chi connectivity index (χ3v) is 21.0. The molecule has 3 aliphatic carbocycles. The van der Waals surface area contributed by atoms with Crippen LogP contribution in [0.3, 0.4) is 0 Å². The van der Waals surface area contributed by atoms with Crippen LogP contribution in [0.4, 0.5) is 34.1 Å². The Morgan fingerprint density at radius 2 is 1.01 bits per heavy atom. The Kier molecular flexibility index (Phi) is 9.55. The highest BCUT2D eigenvalue weighted by atomic mass is 15.3. The van der Waals surface area contributed by atoms with Crippen molar-refractivity contribution in [3.63, 3.8) is 0 Å². The second kappa shape index (κ2) is 14.3.